The first kappa shape index (κ1) is 12.1. The van der Waals surface area contributed by atoms with Gasteiger partial charge in [0.1, 0.15) is 11.6 Å². The van der Waals surface area contributed by atoms with E-state index in [1.165, 1.54) is 0 Å². The van der Waals surface area contributed by atoms with Gasteiger partial charge in [0.25, 0.3) is 0 Å². The molecule has 0 aliphatic rings. The molecular formula is C9H6F2O5. The summed E-state index contributed by atoms with van der Waals surface area (Å²) in [6, 6.07) is 0.875. The van der Waals surface area contributed by atoms with Crippen LogP contribution in [-0.2, 0) is 4.79 Å². The number of carboxylic acid groups (broad SMARTS) is 2. The van der Waals surface area contributed by atoms with Gasteiger partial charge in [0.05, 0.1) is 11.1 Å². The Morgan fingerprint density at radius 3 is 1.88 bits per heavy atom. The Labute approximate surface area is 87.6 Å². The summed E-state index contributed by atoms with van der Waals surface area (Å²) in [5.74, 6) is -6.24. The second-order valence-corrected chi connectivity index (χ2v) is 2.90. The van der Waals surface area contributed by atoms with E-state index in [4.69, 9.17) is 15.3 Å². The van der Waals surface area contributed by atoms with Crippen molar-refractivity contribution in [1.82, 2.24) is 0 Å². The molecule has 0 bridgehead atoms. The third kappa shape index (κ3) is 2.14. The zero-order valence-corrected chi connectivity index (χ0v) is 7.65. The average Bonchev–Trinajstić information content (AvgIpc) is 2.15. The maximum absolute atomic E-state index is 13.2. The summed E-state index contributed by atoms with van der Waals surface area (Å²) in [4.78, 5) is 20.7. The number of rotatable bonds is 3. The van der Waals surface area contributed by atoms with Crippen molar-refractivity contribution >= 4 is 11.9 Å². The SMILES string of the molecule is O=C(O)c1cc(F)c(C(O)C(=O)O)c(F)c1. The van der Waals surface area contributed by atoms with Crippen molar-refractivity contribution < 1.29 is 33.7 Å². The topological polar surface area (TPSA) is 94.8 Å². The summed E-state index contributed by atoms with van der Waals surface area (Å²) in [5.41, 5.74) is -1.76. The van der Waals surface area contributed by atoms with Gasteiger partial charge in [-0.1, -0.05) is 0 Å². The second kappa shape index (κ2) is 4.23. The highest BCUT2D eigenvalue weighted by atomic mass is 19.1. The van der Waals surface area contributed by atoms with Crippen LogP contribution in [0, 0.1) is 11.6 Å². The molecule has 0 fully saturated rings. The van der Waals surface area contributed by atoms with Crippen molar-refractivity contribution in [3.8, 4) is 0 Å². The number of hydrogen-bond acceptors (Lipinski definition) is 3. The van der Waals surface area contributed by atoms with Gasteiger partial charge in [0.2, 0.25) is 0 Å². The van der Waals surface area contributed by atoms with Crippen molar-refractivity contribution in [2.45, 2.75) is 6.10 Å². The third-order valence-electron chi connectivity index (χ3n) is 1.83. The number of aliphatic carboxylic acids is 1. The second-order valence-electron chi connectivity index (χ2n) is 2.90. The number of aliphatic hydroxyl groups excluding tert-OH is 1. The minimum atomic E-state index is -2.37. The van der Waals surface area contributed by atoms with Crippen molar-refractivity contribution in [2.75, 3.05) is 0 Å². The molecular weight excluding hydrogens is 226 g/mol. The number of benzene rings is 1. The van der Waals surface area contributed by atoms with E-state index < -0.39 is 40.8 Å². The van der Waals surface area contributed by atoms with E-state index in [0.717, 1.165) is 0 Å². The predicted octanol–water partition coefficient (Wildman–Crippen LogP) is 0.781. The van der Waals surface area contributed by atoms with Crippen LogP contribution in [0.2, 0.25) is 0 Å². The first-order valence-corrected chi connectivity index (χ1v) is 3.97. The van der Waals surface area contributed by atoms with Crippen LogP contribution in [0.4, 0.5) is 8.78 Å². The van der Waals surface area contributed by atoms with Crippen molar-refractivity contribution in [3.63, 3.8) is 0 Å². The van der Waals surface area contributed by atoms with Gasteiger partial charge in [-0.2, -0.15) is 0 Å². The van der Waals surface area contributed by atoms with Gasteiger partial charge < -0.3 is 15.3 Å². The number of halogens is 2. The molecule has 0 saturated heterocycles. The lowest BCUT2D eigenvalue weighted by Crippen LogP contribution is -2.15. The predicted molar refractivity (Wildman–Crippen MR) is 45.9 cm³/mol. The fraction of sp³-hybridized carbons (Fsp3) is 0.111. The molecule has 5 nitrogen and oxygen atoms in total. The molecule has 1 aromatic rings. The van der Waals surface area contributed by atoms with Crippen LogP contribution in [0.3, 0.4) is 0 Å². The van der Waals surface area contributed by atoms with Gasteiger partial charge >= 0.3 is 11.9 Å². The van der Waals surface area contributed by atoms with Crippen molar-refractivity contribution in [2.24, 2.45) is 0 Å². The highest BCUT2D eigenvalue weighted by Gasteiger charge is 2.25. The number of aromatic carboxylic acids is 1. The lowest BCUT2D eigenvalue weighted by molar-refractivity contribution is -0.147. The first-order chi connectivity index (χ1) is 7.34. The first-order valence-electron chi connectivity index (χ1n) is 3.97. The van der Waals surface area contributed by atoms with E-state index in [9.17, 15) is 18.4 Å². The standard InChI is InChI=1S/C9H6F2O5/c10-4-1-3(8(13)14)2-5(11)6(4)7(12)9(15)16/h1-2,7,12H,(H,13,14)(H,15,16). The molecule has 86 valence electrons. The Kier molecular flexibility index (Phi) is 3.19. The number of aliphatic hydroxyl groups is 1. The maximum Gasteiger partial charge on any atom is 0.337 e. The molecule has 0 saturated carbocycles. The van der Waals surface area contributed by atoms with E-state index in [2.05, 4.69) is 0 Å². The molecule has 7 heteroatoms. The molecule has 1 unspecified atom stereocenters. The Balaban J connectivity index is 3.33. The van der Waals surface area contributed by atoms with E-state index in [1.807, 2.05) is 0 Å². The number of carboxylic acids is 2. The monoisotopic (exact) mass is 232 g/mol. The molecule has 0 heterocycles. The third-order valence-corrected chi connectivity index (χ3v) is 1.83. The highest BCUT2D eigenvalue weighted by Crippen LogP contribution is 2.22. The van der Waals surface area contributed by atoms with Gasteiger partial charge in [0.15, 0.2) is 6.10 Å². The van der Waals surface area contributed by atoms with Gasteiger partial charge in [-0.3, -0.25) is 0 Å². The van der Waals surface area contributed by atoms with Gasteiger partial charge in [0, 0.05) is 0 Å². The Morgan fingerprint density at radius 1 is 1.12 bits per heavy atom. The van der Waals surface area contributed by atoms with E-state index in [-0.39, 0.29) is 0 Å². The molecule has 0 spiro atoms. The van der Waals surface area contributed by atoms with Crippen molar-refractivity contribution in [3.05, 3.63) is 34.9 Å². The number of carbonyl (C=O) groups is 2. The molecule has 1 atom stereocenters. The van der Waals surface area contributed by atoms with Crippen LogP contribution in [0.15, 0.2) is 12.1 Å². The number of hydrogen-bond donors (Lipinski definition) is 3. The van der Waals surface area contributed by atoms with Crippen LogP contribution >= 0.6 is 0 Å². The van der Waals surface area contributed by atoms with Gasteiger partial charge in [-0.05, 0) is 12.1 Å². The smallest absolute Gasteiger partial charge is 0.337 e. The largest absolute Gasteiger partial charge is 0.479 e. The Morgan fingerprint density at radius 2 is 1.56 bits per heavy atom. The minimum absolute atomic E-state index is 0.437. The van der Waals surface area contributed by atoms with Crippen LogP contribution in [-0.4, -0.2) is 27.3 Å². The zero-order chi connectivity index (χ0) is 12.5. The summed E-state index contributed by atoms with van der Waals surface area (Å²) in [6.45, 7) is 0. The lowest BCUT2D eigenvalue weighted by Gasteiger charge is -2.09. The average molecular weight is 232 g/mol. The van der Waals surface area contributed by atoms with Gasteiger partial charge in [-0.15, -0.1) is 0 Å². The molecule has 0 aliphatic heterocycles. The molecule has 0 radical (unpaired) electrons. The minimum Gasteiger partial charge on any atom is -0.479 e. The molecule has 16 heavy (non-hydrogen) atoms. The molecule has 0 aromatic heterocycles. The fourth-order valence-corrected chi connectivity index (χ4v) is 1.09. The fourth-order valence-electron chi connectivity index (χ4n) is 1.09. The Hall–Kier alpha value is -2.02. The van der Waals surface area contributed by atoms with Crippen LogP contribution in [0.1, 0.15) is 22.0 Å². The normalized spacial score (nSPS) is 12.2. The molecule has 1 rings (SSSR count). The van der Waals surface area contributed by atoms with E-state index in [0.29, 0.717) is 12.1 Å². The summed E-state index contributed by atoms with van der Waals surface area (Å²) >= 11 is 0. The van der Waals surface area contributed by atoms with Crippen LogP contribution < -0.4 is 0 Å². The summed E-state index contributed by atoms with van der Waals surface area (Å²) in [5, 5.41) is 25.8. The van der Waals surface area contributed by atoms with Gasteiger partial charge in [-0.25, -0.2) is 18.4 Å². The lowest BCUT2D eigenvalue weighted by atomic mass is 10.1. The molecule has 1 aromatic carbocycles. The summed E-state index contributed by atoms with van der Waals surface area (Å²) in [7, 11) is 0. The highest BCUT2D eigenvalue weighted by molar-refractivity contribution is 5.88. The van der Waals surface area contributed by atoms with Crippen molar-refractivity contribution in [1.29, 1.82) is 0 Å². The zero-order valence-electron chi connectivity index (χ0n) is 7.65. The van der Waals surface area contributed by atoms with Crippen LogP contribution in [0.25, 0.3) is 0 Å². The summed E-state index contributed by atoms with van der Waals surface area (Å²) in [6.07, 6.45) is -2.37. The molecule has 0 amide bonds. The maximum atomic E-state index is 13.2. The van der Waals surface area contributed by atoms with Crippen LogP contribution in [0.5, 0.6) is 0 Å². The quantitative estimate of drug-likeness (QED) is 0.715. The summed E-state index contributed by atoms with van der Waals surface area (Å²) < 4.78 is 26.3. The molecule has 0 aliphatic carbocycles. The van der Waals surface area contributed by atoms with E-state index in [1.54, 1.807) is 0 Å². The molecule has 3 N–H and O–H groups in total. The van der Waals surface area contributed by atoms with E-state index >= 15 is 0 Å². The Bertz CT molecular complexity index is 434.